The maximum Gasteiger partial charge on any atom is 0.289 e. The molecule has 22 heavy (non-hydrogen) atoms. The molecule has 2 heterocycles. The van der Waals surface area contributed by atoms with Crippen LogP contribution < -0.4 is 4.74 Å². The van der Waals surface area contributed by atoms with E-state index in [1.54, 1.807) is 6.07 Å². The standard InChI is InChI=1S/C18H21NO3/c1-13-5-6-14(2)17(11-13)21-12-15-7-8-16(22-15)18(20)19-9-3-4-10-19/h5-8,11H,3-4,9-10,12H2,1-2H3. The Hall–Kier alpha value is -2.23. The van der Waals surface area contributed by atoms with Gasteiger partial charge in [0.25, 0.3) is 5.91 Å². The molecule has 1 aromatic carbocycles. The molecule has 4 nitrogen and oxygen atoms in total. The lowest BCUT2D eigenvalue weighted by Crippen LogP contribution is -2.27. The second-order valence-electron chi connectivity index (χ2n) is 5.82. The second-order valence-corrected chi connectivity index (χ2v) is 5.82. The molecule has 4 heteroatoms. The van der Waals surface area contributed by atoms with Crippen molar-refractivity contribution in [1.82, 2.24) is 4.90 Å². The summed E-state index contributed by atoms with van der Waals surface area (Å²) in [5, 5.41) is 0. The SMILES string of the molecule is Cc1ccc(C)c(OCc2ccc(C(=O)N3CCCC3)o2)c1. The van der Waals surface area contributed by atoms with Crippen LogP contribution in [0.3, 0.4) is 0 Å². The number of hydrogen-bond acceptors (Lipinski definition) is 3. The maximum absolute atomic E-state index is 12.2. The van der Waals surface area contributed by atoms with E-state index >= 15 is 0 Å². The quantitative estimate of drug-likeness (QED) is 0.864. The Morgan fingerprint density at radius 3 is 2.73 bits per heavy atom. The van der Waals surface area contributed by atoms with Gasteiger partial charge in [-0.15, -0.1) is 0 Å². The zero-order chi connectivity index (χ0) is 15.5. The van der Waals surface area contributed by atoms with E-state index in [1.165, 1.54) is 0 Å². The lowest BCUT2D eigenvalue weighted by atomic mass is 10.1. The Morgan fingerprint density at radius 1 is 1.18 bits per heavy atom. The summed E-state index contributed by atoms with van der Waals surface area (Å²) in [6.07, 6.45) is 2.16. The van der Waals surface area contributed by atoms with Crippen LogP contribution in [-0.2, 0) is 6.61 Å². The minimum Gasteiger partial charge on any atom is -0.485 e. The zero-order valence-corrected chi connectivity index (χ0v) is 13.1. The van der Waals surface area contributed by atoms with Gasteiger partial charge in [0.1, 0.15) is 18.1 Å². The predicted octanol–water partition coefficient (Wildman–Crippen LogP) is 3.71. The van der Waals surface area contributed by atoms with E-state index in [-0.39, 0.29) is 5.91 Å². The second kappa shape index (κ2) is 6.26. The molecule has 1 aliphatic rings. The number of amides is 1. The Morgan fingerprint density at radius 2 is 1.95 bits per heavy atom. The Kier molecular flexibility index (Phi) is 4.18. The van der Waals surface area contributed by atoms with E-state index in [1.807, 2.05) is 36.9 Å². The first-order valence-electron chi connectivity index (χ1n) is 7.71. The van der Waals surface area contributed by atoms with E-state index in [0.717, 1.165) is 42.8 Å². The molecule has 1 aliphatic heterocycles. The van der Waals surface area contributed by atoms with Crippen molar-refractivity contribution in [2.75, 3.05) is 13.1 Å². The fraction of sp³-hybridized carbons (Fsp3) is 0.389. The summed E-state index contributed by atoms with van der Waals surface area (Å²) in [7, 11) is 0. The van der Waals surface area contributed by atoms with Crippen LogP contribution in [0.5, 0.6) is 5.75 Å². The summed E-state index contributed by atoms with van der Waals surface area (Å²) in [4.78, 5) is 14.1. The average molecular weight is 299 g/mol. The number of nitrogens with zero attached hydrogens (tertiary/aromatic N) is 1. The van der Waals surface area contributed by atoms with Gasteiger partial charge < -0.3 is 14.1 Å². The third kappa shape index (κ3) is 3.16. The van der Waals surface area contributed by atoms with Crippen LogP contribution >= 0.6 is 0 Å². The van der Waals surface area contributed by atoms with Crippen molar-refractivity contribution in [3.63, 3.8) is 0 Å². The van der Waals surface area contributed by atoms with Crippen molar-refractivity contribution < 1.29 is 13.9 Å². The van der Waals surface area contributed by atoms with Gasteiger partial charge in [-0.1, -0.05) is 12.1 Å². The van der Waals surface area contributed by atoms with E-state index in [4.69, 9.17) is 9.15 Å². The Balaban J connectivity index is 1.64. The van der Waals surface area contributed by atoms with Crippen LogP contribution in [0.15, 0.2) is 34.7 Å². The molecule has 0 radical (unpaired) electrons. The molecule has 0 N–H and O–H groups in total. The number of carbonyl (C=O) groups is 1. The molecule has 2 aromatic rings. The lowest BCUT2D eigenvalue weighted by Gasteiger charge is -2.12. The van der Waals surface area contributed by atoms with Crippen LogP contribution in [0.4, 0.5) is 0 Å². The number of carbonyl (C=O) groups excluding carboxylic acids is 1. The van der Waals surface area contributed by atoms with Gasteiger partial charge >= 0.3 is 0 Å². The fourth-order valence-electron chi connectivity index (χ4n) is 2.66. The van der Waals surface area contributed by atoms with Crippen molar-refractivity contribution in [2.24, 2.45) is 0 Å². The average Bonchev–Trinajstić information content (AvgIpc) is 3.19. The summed E-state index contributed by atoms with van der Waals surface area (Å²) < 4.78 is 11.4. The molecular weight excluding hydrogens is 278 g/mol. The first kappa shape index (κ1) is 14.7. The normalized spacial score (nSPS) is 14.4. The number of likely N-dealkylation sites (tertiary alicyclic amines) is 1. The molecule has 0 atom stereocenters. The zero-order valence-electron chi connectivity index (χ0n) is 13.1. The molecule has 0 spiro atoms. The topological polar surface area (TPSA) is 42.7 Å². The Bertz CT molecular complexity index is 669. The fourth-order valence-corrected chi connectivity index (χ4v) is 2.66. The third-order valence-electron chi connectivity index (χ3n) is 3.98. The van der Waals surface area contributed by atoms with Gasteiger partial charge in [0, 0.05) is 13.1 Å². The molecule has 1 aromatic heterocycles. The molecule has 116 valence electrons. The number of hydrogen-bond donors (Lipinski definition) is 0. The van der Waals surface area contributed by atoms with Crippen molar-refractivity contribution in [1.29, 1.82) is 0 Å². The highest BCUT2D eigenvalue weighted by Crippen LogP contribution is 2.21. The van der Waals surface area contributed by atoms with Gasteiger partial charge in [-0.25, -0.2) is 0 Å². The van der Waals surface area contributed by atoms with Gasteiger partial charge in [-0.3, -0.25) is 4.79 Å². The molecule has 0 saturated carbocycles. The summed E-state index contributed by atoms with van der Waals surface area (Å²) in [6, 6.07) is 9.66. The van der Waals surface area contributed by atoms with Crippen LogP contribution in [0, 0.1) is 13.8 Å². The smallest absolute Gasteiger partial charge is 0.289 e. The molecular formula is C18H21NO3. The van der Waals surface area contributed by atoms with Crippen molar-refractivity contribution >= 4 is 5.91 Å². The summed E-state index contributed by atoms with van der Waals surface area (Å²) in [6.45, 7) is 6.03. The molecule has 1 amide bonds. The van der Waals surface area contributed by atoms with E-state index < -0.39 is 0 Å². The minimum absolute atomic E-state index is 0.0181. The number of benzene rings is 1. The largest absolute Gasteiger partial charge is 0.485 e. The highest BCUT2D eigenvalue weighted by molar-refractivity contribution is 5.91. The molecule has 0 aliphatic carbocycles. The van der Waals surface area contributed by atoms with Gasteiger partial charge in [0.05, 0.1) is 0 Å². The molecule has 1 saturated heterocycles. The first-order chi connectivity index (χ1) is 10.6. The number of ether oxygens (including phenoxy) is 1. The highest BCUT2D eigenvalue weighted by atomic mass is 16.5. The minimum atomic E-state index is -0.0181. The van der Waals surface area contributed by atoms with Crippen molar-refractivity contribution in [2.45, 2.75) is 33.3 Å². The van der Waals surface area contributed by atoms with Crippen LogP contribution in [0.2, 0.25) is 0 Å². The molecule has 0 unspecified atom stereocenters. The third-order valence-corrected chi connectivity index (χ3v) is 3.98. The summed E-state index contributed by atoms with van der Waals surface area (Å²) >= 11 is 0. The summed E-state index contributed by atoms with van der Waals surface area (Å²) in [5.74, 6) is 1.91. The van der Waals surface area contributed by atoms with Gasteiger partial charge in [0.2, 0.25) is 0 Å². The highest BCUT2D eigenvalue weighted by Gasteiger charge is 2.22. The molecule has 3 rings (SSSR count). The first-order valence-corrected chi connectivity index (χ1v) is 7.71. The van der Waals surface area contributed by atoms with Crippen molar-refractivity contribution in [3.05, 3.63) is 53.0 Å². The number of furan rings is 1. The lowest BCUT2D eigenvalue weighted by molar-refractivity contribution is 0.0757. The van der Waals surface area contributed by atoms with E-state index in [2.05, 4.69) is 6.07 Å². The van der Waals surface area contributed by atoms with Gasteiger partial charge in [-0.2, -0.15) is 0 Å². The van der Waals surface area contributed by atoms with E-state index in [0.29, 0.717) is 18.1 Å². The number of rotatable bonds is 4. The van der Waals surface area contributed by atoms with Gasteiger partial charge in [-0.05, 0) is 56.0 Å². The van der Waals surface area contributed by atoms with Crippen LogP contribution in [-0.4, -0.2) is 23.9 Å². The summed E-state index contributed by atoms with van der Waals surface area (Å²) in [5.41, 5.74) is 2.25. The van der Waals surface area contributed by atoms with Crippen molar-refractivity contribution in [3.8, 4) is 5.75 Å². The predicted molar refractivity (Wildman–Crippen MR) is 84.1 cm³/mol. The molecule has 0 bridgehead atoms. The van der Waals surface area contributed by atoms with Crippen LogP contribution in [0.1, 0.15) is 40.3 Å². The molecule has 1 fully saturated rings. The van der Waals surface area contributed by atoms with Crippen LogP contribution in [0.25, 0.3) is 0 Å². The van der Waals surface area contributed by atoms with Gasteiger partial charge in [0.15, 0.2) is 5.76 Å². The maximum atomic E-state index is 12.2. The number of aryl methyl sites for hydroxylation is 2. The Labute approximate surface area is 130 Å². The van der Waals surface area contributed by atoms with E-state index in [9.17, 15) is 4.79 Å². The monoisotopic (exact) mass is 299 g/mol.